The Morgan fingerprint density at radius 1 is 0.966 bits per heavy atom. The number of carbonyl (C=O) groups is 4. The number of carbonyl (C=O) groups excluding carboxylic acids is 4. The van der Waals surface area contributed by atoms with E-state index >= 15 is 0 Å². The second kappa shape index (κ2) is 17.6. The normalized spacial score (nSPS) is 16.6. The van der Waals surface area contributed by atoms with Crippen molar-refractivity contribution >= 4 is 40.3 Å². The number of pyridine rings is 1. The standard InChI is InChI=1S/C42H43F3N8O6/c1-52(17-16-46-41(57)47-22-26-6-3-8-30(18-26)59-34-10-4-7-27-20-37(54)50-40(56)38(27)34)23-25-12-14-29(15-13-25)53-24-28-19-33(35(58-2)21-32(28)51-53)49-39(55)31-9-5-11-36(48-31)42(43,44)45/h3-11,18-19,21,24-25,29H,12-17,20,22-23H2,1-2H3,(H,49,55)(H2,46,47,57)(H,50,54,56)/t25-,29-. The summed E-state index contributed by atoms with van der Waals surface area (Å²) in [6.45, 7) is 2.29. The molecule has 0 saturated heterocycles. The van der Waals surface area contributed by atoms with Crippen molar-refractivity contribution in [3.05, 3.63) is 107 Å². The van der Waals surface area contributed by atoms with E-state index in [4.69, 9.17) is 14.6 Å². The van der Waals surface area contributed by atoms with Crippen molar-refractivity contribution in [3.8, 4) is 17.2 Å². The quantitative estimate of drug-likeness (QED) is 0.0974. The number of methoxy groups -OCH3 is 1. The van der Waals surface area contributed by atoms with E-state index in [0.29, 0.717) is 58.6 Å². The molecule has 1 aliphatic carbocycles. The van der Waals surface area contributed by atoms with E-state index in [-0.39, 0.29) is 36.6 Å². The van der Waals surface area contributed by atoms with Crippen molar-refractivity contribution < 1.29 is 41.8 Å². The number of rotatable bonds is 13. The van der Waals surface area contributed by atoms with Crippen LogP contribution in [0.15, 0.2) is 79.0 Å². The lowest BCUT2D eigenvalue weighted by Crippen LogP contribution is -2.40. The van der Waals surface area contributed by atoms with Gasteiger partial charge in [-0.15, -0.1) is 0 Å². The molecule has 7 rings (SSSR count). The zero-order chi connectivity index (χ0) is 41.7. The first-order valence-corrected chi connectivity index (χ1v) is 19.2. The Hall–Kier alpha value is -6.49. The van der Waals surface area contributed by atoms with Crippen molar-refractivity contribution in [2.24, 2.45) is 5.92 Å². The van der Waals surface area contributed by atoms with Crippen LogP contribution < -0.4 is 30.7 Å². The molecule has 5 aromatic rings. The number of benzene rings is 3. The minimum atomic E-state index is -4.68. The maximum Gasteiger partial charge on any atom is 0.433 e. The summed E-state index contributed by atoms with van der Waals surface area (Å²) in [4.78, 5) is 55.4. The Bertz CT molecular complexity index is 2380. The van der Waals surface area contributed by atoms with Crippen LogP contribution in [0.3, 0.4) is 0 Å². The van der Waals surface area contributed by atoms with Crippen molar-refractivity contribution in [1.82, 2.24) is 35.6 Å². The number of halogens is 3. The molecule has 1 saturated carbocycles. The Labute approximate surface area is 337 Å². The zero-order valence-corrected chi connectivity index (χ0v) is 32.4. The Balaban J connectivity index is 0.840. The first-order valence-electron chi connectivity index (χ1n) is 19.2. The number of fused-ring (bicyclic) bond motifs is 2. The van der Waals surface area contributed by atoms with E-state index < -0.39 is 23.7 Å². The molecule has 1 aliphatic heterocycles. The van der Waals surface area contributed by atoms with Gasteiger partial charge in [-0.25, -0.2) is 9.78 Å². The lowest BCUT2D eigenvalue weighted by Gasteiger charge is -2.31. The highest BCUT2D eigenvalue weighted by Crippen LogP contribution is 2.36. The van der Waals surface area contributed by atoms with Gasteiger partial charge >= 0.3 is 12.2 Å². The summed E-state index contributed by atoms with van der Waals surface area (Å²) in [6, 6.07) is 18.8. The molecule has 5 amide bonds. The monoisotopic (exact) mass is 812 g/mol. The molecule has 0 radical (unpaired) electrons. The smallest absolute Gasteiger partial charge is 0.433 e. The SMILES string of the molecule is COc1cc2nn([C@H]3CC[C@H](CN(C)CCNC(=O)NCc4cccc(Oc5cccc6c5C(=O)NC(=O)C6)c4)CC3)cc2cc1NC(=O)c1cccc(C(F)(F)F)n1. The largest absolute Gasteiger partial charge is 0.494 e. The minimum Gasteiger partial charge on any atom is -0.494 e. The molecule has 59 heavy (non-hydrogen) atoms. The highest BCUT2D eigenvalue weighted by molar-refractivity contribution is 6.11. The summed E-state index contributed by atoms with van der Waals surface area (Å²) in [5, 5.41) is 16.3. The number of likely N-dealkylation sites (N-methyl/N-ethyl adjacent to an activating group) is 1. The third-order valence-corrected chi connectivity index (χ3v) is 10.4. The van der Waals surface area contributed by atoms with Gasteiger partial charge in [-0.3, -0.25) is 24.4 Å². The van der Waals surface area contributed by atoms with E-state index in [0.717, 1.165) is 55.3 Å². The fraction of sp³-hybridized carbons (Fsp3) is 0.333. The van der Waals surface area contributed by atoms with Gasteiger partial charge in [-0.1, -0.05) is 30.3 Å². The van der Waals surface area contributed by atoms with Crippen LogP contribution in [0.2, 0.25) is 0 Å². The number of imide groups is 1. The molecule has 0 bridgehead atoms. The number of nitrogens with one attached hydrogen (secondary N) is 4. The number of nitrogens with zero attached hydrogens (tertiary/aromatic N) is 4. The van der Waals surface area contributed by atoms with Gasteiger partial charge in [-0.2, -0.15) is 18.3 Å². The third kappa shape index (κ3) is 9.97. The summed E-state index contributed by atoms with van der Waals surface area (Å²) in [5.74, 6) is 0.00313. The number of hydrogen-bond donors (Lipinski definition) is 4. The molecule has 2 aliphatic rings. The second-order valence-corrected chi connectivity index (χ2v) is 14.7. The van der Waals surface area contributed by atoms with E-state index in [2.05, 4.69) is 31.2 Å². The van der Waals surface area contributed by atoms with Gasteiger partial charge in [0, 0.05) is 43.8 Å². The van der Waals surface area contributed by atoms with E-state index in [1.165, 1.54) is 13.2 Å². The van der Waals surface area contributed by atoms with E-state index in [1.807, 2.05) is 24.0 Å². The number of aromatic nitrogens is 3. The Kier molecular flexibility index (Phi) is 12.1. The lowest BCUT2D eigenvalue weighted by molar-refractivity contribution is -0.141. The second-order valence-electron chi connectivity index (χ2n) is 14.7. The molecule has 3 aromatic carbocycles. The van der Waals surface area contributed by atoms with Gasteiger partial charge in [0.2, 0.25) is 5.91 Å². The molecule has 17 heteroatoms. The Morgan fingerprint density at radius 2 is 1.75 bits per heavy atom. The predicted octanol–water partition coefficient (Wildman–Crippen LogP) is 6.48. The molecular weight excluding hydrogens is 770 g/mol. The highest BCUT2D eigenvalue weighted by Gasteiger charge is 2.33. The van der Waals surface area contributed by atoms with Gasteiger partial charge in [0.25, 0.3) is 11.8 Å². The van der Waals surface area contributed by atoms with Crippen LogP contribution in [-0.2, 0) is 23.9 Å². The number of ether oxygens (including phenoxy) is 2. The predicted molar refractivity (Wildman–Crippen MR) is 211 cm³/mol. The Morgan fingerprint density at radius 3 is 2.53 bits per heavy atom. The number of hydrogen-bond acceptors (Lipinski definition) is 9. The molecule has 0 unspecified atom stereocenters. The van der Waals surface area contributed by atoms with Crippen molar-refractivity contribution in [1.29, 1.82) is 0 Å². The maximum atomic E-state index is 13.1. The highest BCUT2D eigenvalue weighted by atomic mass is 19.4. The average Bonchev–Trinajstić information content (AvgIpc) is 3.62. The summed E-state index contributed by atoms with van der Waals surface area (Å²) in [6.07, 6.45) is 1.17. The fourth-order valence-electron chi connectivity index (χ4n) is 7.48. The fourth-order valence-corrected chi connectivity index (χ4v) is 7.48. The molecule has 3 heterocycles. The molecule has 4 N–H and O–H groups in total. The van der Waals surface area contributed by atoms with Crippen LogP contribution in [0.4, 0.5) is 23.7 Å². The van der Waals surface area contributed by atoms with Crippen LogP contribution in [-0.4, -0.2) is 77.2 Å². The summed E-state index contributed by atoms with van der Waals surface area (Å²) in [7, 11) is 3.47. The molecule has 0 atom stereocenters. The van der Waals surface area contributed by atoms with Crippen molar-refractivity contribution in [3.63, 3.8) is 0 Å². The third-order valence-electron chi connectivity index (χ3n) is 10.4. The summed E-state index contributed by atoms with van der Waals surface area (Å²) < 4.78 is 52.9. The van der Waals surface area contributed by atoms with E-state index in [9.17, 15) is 32.3 Å². The topological polar surface area (TPSA) is 169 Å². The van der Waals surface area contributed by atoms with Crippen LogP contribution >= 0.6 is 0 Å². The number of anilines is 1. The van der Waals surface area contributed by atoms with Crippen LogP contribution in [0, 0.1) is 5.92 Å². The maximum absolute atomic E-state index is 13.1. The first-order chi connectivity index (χ1) is 28.3. The number of alkyl halides is 3. The van der Waals surface area contributed by atoms with Crippen molar-refractivity contribution in [2.45, 2.75) is 50.9 Å². The van der Waals surface area contributed by atoms with Gasteiger partial charge in [0.05, 0.1) is 36.3 Å². The zero-order valence-electron chi connectivity index (χ0n) is 32.4. The molecule has 308 valence electrons. The van der Waals surface area contributed by atoms with Gasteiger partial charge in [-0.05, 0) is 86.2 Å². The first kappa shape index (κ1) is 40.7. The van der Waals surface area contributed by atoms with E-state index in [1.54, 1.807) is 48.5 Å². The lowest BCUT2D eigenvalue weighted by atomic mass is 9.86. The van der Waals surface area contributed by atoms with Gasteiger partial charge in [0.1, 0.15) is 28.6 Å². The van der Waals surface area contributed by atoms with Crippen molar-refractivity contribution in [2.75, 3.05) is 39.1 Å². The number of amides is 5. The van der Waals surface area contributed by atoms with Gasteiger partial charge < -0.3 is 30.3 Å². The van der Waals surface area contributed by atoms with Crippen LogP contribution in [0.1, 0.15) is 69.4 Å². The average molecular weight is 813 g/mol. The number of urea groups is 1. The molecule has 14 nitrogen and oxygen atoms in total. The minimum absolute atomic E-state index is 0.104. The van der Waals surface area contributed by atoms with Gasteiger partial charge in [0.15, 0.2) is 0 Å². The van der Waals surface area contributed by atoms with Crippen LogP contribution in [0.25, 0.3) is 10.9 Å². The summed E-state index contributed by atoms with van der Waals surface area (Å²) in [5.41, 5.74) is 1.18. The summed E-state index contributed by atoms with van der Waals surface area (Å²) >= 11 is 0. The molecule has 0 spiro atoms. The van der Waals surface area contributed by atoms with Crippen LogP contribution in [0.5, 0.6) is 17.2 Å². The molecule has 2 aromatic heterocycles. The molecule has 1 fully saturated rings. The molecular formula is C42H43F3N8O6.